The number of nitrogens with zero attached hydrogens (tertiary/aromatic N) is 3. The molecule has 0 unspecified atom stereocenters. The minimum Gasteiger partial charge on any atom is -0.383 e. The minimum atomic E-state index is 0.0927. The van der Waals surface area contributed by atoms with E-state index in [-0.39, 0.29) is 5.95 Å². The summed E-state index contributed by atoms with van der Waals surface area (Å²) < 4.78 is 0. The minimum absolute atomic E-state index is 0.0927. The molecule has 0 spiro atoms. The van der Waals surface area contributed by atoms with E-state index in [9.17, 15) is 0 Å². The van der Waals surface area contributed by atoms with Crippen molar-refractivity contribution in [1.82, 2.24) is 15.0 Å². The summed E-state index contributed by atoms with van der Waals surface area (Å²) >= 11 is 0. The Morgan fingerprint density at radius 3 is 2.29 bits per heavy atom. The zero-order chi connectivity index (χ0) is 15.0. The molecule has 3 aromatic rings. The average molecular weight is 280 g/mol. The van der Waals surface area contributed by atoms with Gasteiger partial charge in [-0.3, -0.25) is 0 Å². The summed E-state index contributed by atoms with van der Waals surface area (Å²) in [7, 11) is 0. The SMILES string of the molecule is CCc1c(N)nc2nc(N)nc(N)c2c1-c1ccccc1. The highest BCUT2D eigenvalue weighted by Crippen LogP contribution is 2.36. The average Bonchev–Trinajstić information content (AvgIpc) is 2.46. The summed E-state index contributed by atoms with van der Waals surface area (Å²) in [5, 5.41) is 0.696. The Morgan fingerprint density at radius 1 is 0.905 bits per heavy atom. The largest absolute Gasteiger partial charge is 0.383 e. The van der Waals surface area contributed by atoms with Crippen molar-refractivity contribution in [2.45, 2.75) is 13.3 Å². The number of fused-ring (bicyclic) bond motifs is 1. The van der Waals surface area contributed by atoms with Crippen molar-refractivity contribution < 1.29 is 0 Å². The lowest BCUT2D eigenvalue weighted by molar-refractivity contribution is 1.11. The van der Waals surface area contributed by atoms with E-state index in [0.29, 0.717) is 22.7 Å². The number of benzene rings is 1. The topological polar surface area (TPSA) is 117 Å². The molecule has 0 aliphatic carbocycles. The summed E-state index contributed by atoms with van der Waals surface area (Å²) in [6.45, 7) is 2.03. The number of nitrogen functional groups attached to an aromatic ring is 3. The molecule has 2 heterocycles. The number of hydrogen-bond donors (Lipinski definition) is 3. The van der Waals surface area contributed by atoms with Gasteiger partial charge in [-0.15, -0.1) is 0 Å². The van der Waals surface area contributed by atoms with Crippen LogP contribution in [-0.4, -0.2) is 15.0 Å². The summed E-state index contributed by atoms with van der Waals surface area (Å²) in [5.74, 6) is 0.857. The van der Waals surface area contributed by atoms with E-state index in [1.54, 1.807) is 0 Å². The quantitative estimate of drug-likeness (QED) is 0.661. The van der Waals surface area contributed by atoms with Crippen LogP contribution in [0.4, 0.5) is 17.6 Å². The molecule has 3 rings (SSSR count). The Bertz CT molecular complexity index is 814. The third-order valence-electron chi connectivity index (χ3n) is 3.44. The van der Waals surface area contributed by atoms with Gasteiger partial charge in [0.1, 0.15) is 11.6 Å². The van der Waals surface area contributed by atoms with Crippen molar-refractivity contribution in [2.75, 3.05) is 17.2 Å². The molecule has 6 heteroatoms. The zero-order valence-electron chi connectivity index (χ0n) is 11.7. The van der Waals surface area contributed by atoms with Crippen molar-refractivity contribution in [3.8, 4) is 11.1 Å². The Labute approximate surface area is 122 Å². The molecule has 0 bridgehead atoms. The van der Waals surface area contributed by atoms with Crippen molar-refractivity contribution >= 4 is 28.6 Å². The van der Waals surface area contributed by atoms with Gasteiger partial charge in [-0.05, 0) is 12.0 Å². The second-order valence-electron chi connectivity index (χ2n) is 4.74. The predicted molar refractivity (Wildman–Crippen MR) is 85.4 cm³/mol. The van der Waals surface area contributed by atoms with E-state index < -0.39 is 0 Å². The van der Waals surface area contributed by atoms with Gasteiger partial charge >= 0.3 is 0 Å². The van der Waals surface area contributed by atoms with Crippen LogP contribution in [0.1, 0.15) is 12.5 Å². The first-order chi connectivity index (χ1) is 10.1. The molecule has 6 nitrogen and oxygen atoms in total. The number of hydrogen-bond acceptors (Lipinski definition) is 6. The van der Waals surface area contributed by atoms with Crippen LogP contribution in [0, 0.1) is 0 Å². The maximum atomic E-state index is 6.08. The van der Waals surface area contributed by atoms with Crippen molar-refractivity contribution in [3.63, 3.8) is 0 Å². The molecule has 106 valence electrons. The number of nitrogens with two attached hydrogens (primary N) is 3. The number of anilines is 3. The molecule has 0 aliphatic heterocycles. The lowest BCUT2D eigenvalue weighted by Crippen LogP contribution is -2.07. The highest BCUT2D eigenvalue weighted by Gasteiger charge is 2.18. The molecule has 0 fully saturated rings. The molecular formula is C15H16N6. The first kappa shape index (κ1) is 13.1. The van der Waals surface area contributed by atoms with Gasteiger partial charge in [-0.25, -0.2) is 4.98 Å². The van der Waals surface area contributed by atoms with E-state index in [2.05, 4.69) is 15.0 Å². The van der Waals surface area contributed by atoms with Crippen molar-refractivity contribution in [3.05, 3.63) is 35.9 Å². The molecule has 21 heavy (non-hydrogen) atoms. The van der Waals surface area contributed by atoms with Gasteiger partial charge in [-0.2, -0.15) is 9.97 Å². The standard InChI is InChI=1S/C15H16N6/c1-2-9-10(8-6-4-3-5-7-8)11-13(17)20-15(18)21-14(11)19-12(9)16/h3-7H,2H2,1H3,(H6,16,17,18,19,20,21). The lowest BCUT2D eigenvalue weighted by atomic mass is 9.95. The van der Waals surface area contributed by atoms with Gasteiger partial charge in [0.2, 0.25) is 5.95 Å². The first-order valence-electron chi connectivity index (χ1n) is 6.68. The summed E-state index contributed by atoms with van der Waals surface area (Å²) in [5.41, 5.74) is 21.1. The molecular weight excluding hydrogens is 264 g/mol. The van der Waals surface area contributed by atoms with Crippen LogP contribution in [0.25, 0.3) is 22.2 Å². The molecule has 1 aromatic carbocycles. The predicted octanol–water partition coefficient (Wildman–Crippen LogP) is 2.00. The molecule has 0 amide bonds. The van der Waals surface area contributed by atoms with Crippen LogP contribution in [0.3, 0.4) is 0 Å². The molecule has 0 saturated carbocycles. The second kappa shape index (κ2) is 4.90. The first-order valence-corrected chi connectivity index (χ1v) is 6.68. The fourth-order valence-electron chi connectivity index (χ4n) is 2.55. The van der Waals surface area contributed by atoms with Crippen molar-refractivity contribution in [2.24, 2.45) is 0 Å². The third kappa shape index (κ3) is 2.10. The van der Waals surface area contributed by atoms with Gasteiger partial charge < -0.3 is 17.2 Å². The Morgan fingerprint density at radius 2 is 1.62 bits per heavy atom. The molecule has 0 saturated heterocycles. The maximum absolute atomic E-state index is 6.08. The van der Waals surface area contributed by atoms with Crippen LogP contribution in [0.2, 0.25) is 0 Å². The van der Waals surface area contributed by atoms with Crippen LogP contribution >= 0.6 is 0 Å². The summed E-state index contributed by atoms with van der Waals surface area (Å²) in [4.78, 5) is 12.5. The zero-order valence-corrected chi connectivity index (χ0v) is 11.7. The van der Waals surface area contributed by atoms with E-state index in [1.807, 2.05) is 37.3 Å². The fourth-order valence-corrected chi connectivity index (χ4v) is 2.55. The van der Waals surface area contributed by atoms with Gasteiger partial charge in [0, 0.05) is 11.1 Å². The van der Waals surface area contributed by atoms with Gasteiger partial charge in [-0.1, -0.05) is 37.3 Å². The van der Waals surface area contributed by atoms with Crippen LogP contribution in [0.15, 0.2) is 30.3 Å². The van der Waals surface area contributed by atoms with Crippen LogP contribution in [0.5, 0.6) is 0 Å². The number of pyridine rings is 1. The van der Waals surface area contributed by atoms with E-state index in [4.69, 9.17) is 17.2 Å². The summed E-state index contributed by atoms with van der Waals surface area (Å²) in [6, 6.07) is 9.89. The molecule has 0 atom stereocenters. The van der Waals surface area contributed by atoms with Gasteiger partial charge in [0.05, 0.1) is 5.39 Å². The normalized spacial score (nSPS) is 10.9. The smallest absolute Gasteiger partial charge is 0.224 e. The highest BCUT2D eigenvalue weighted by atomic mass is 15.1. The Balaban J connectivity index is 2.50. The molecule has 0 aliphatic rings. The van der Waals surface area contributed by atoms with Crippen LogP contribution < -0.4 is 17.2 Å². The fraction of sp³-hybridized carbons (Fsp3) is 0.133. The number of rotatable bonds is 2. The Hall–Kier alpha value is -2.89. The van der Waals surface area contributed by atoms with Crippen LogP contribution in [-0.2, 0) is 6.42 Å². The van der Waals surface area contributed by atoms with E-state index in [1.165, 1.54) is 0 Å². The maximum Gasteiger partial charge on any atom is 0.224 e. The van der Waals surface area contributed by atoms with E-state index in [0.717, 1.165) is 23.1 Å². The molecule has 2 aromatic heterocycles. The highest BCUT2D eigenvalue weighted by molar-refractivity contribution is 6.02. The third-order valence-corrected chi connectivity index (χ3v) is 3.44. The van der Waals surface area contributed by atoms with E-state index >= 15 is 0 Å². The monoisotopic (exact) mass is 280 g/mol. The van der Waals surface area contributed by atoms with Crippen molar-refractivity contribution in [1.29, 1.82) is 0 Å². The second-order valence-corrected chi connectivity index (χ2v) is 4.74. The lowest BCUT2D eigenvalue weighted by Gasteiger charge is -2.15. The van der Waals surface area contributed by atoms with Gasteiger partial charge in [0.25, 0.3) is 0 Å². The summed E-state index contributed by atoms with van der Waals surface area (Å²) in [6.07, 6.45) is 0.739. The number of aromatic nitrogens is 3. The molecule has 6 N–H and O–H groups in total. The molecule has 0 radical (unpaired) electrons. The Kier molecular flexibility index (Phi) is 3.06. The van der Waals surface area contributed by atoms with Gasteiger partial charge in [0.15, 0.2) is 5.65 Å².